The van der Waals surface area contributed by atoms with Gasteiger partial charge in [0.1, 0.15) is 0 Å². The summed E-state index contributed by atoms with van der Waals surface area (Å²) in [6.07, 6.45) is 6.62. The van der Waals surface area contributed by atoms with Crippen molar-refractivity contribution in [1.82, 2.24) is 25.6 Å². The highest BCUT2D eigenvalue weighted by atomic mass is 16.2. The van der Waals surface area contributed by atoms with Crippen LogP contribution in [0.15, 0.2) is 6.20 Å². The molecule has 1 aliphatic carbocycles. The molecule has 6 nitrogen and oxygen atoms in total. The Hall–Kier alpha value is -1.43. The van der Waals surface area contributed by atoms with Crippen molar-refractivity contribution in [1.29, 1.82) is 0 Å². The lowest BCUT2D eigenvalue weighted by molar-refractivity contribution is 0.0845. The molecular formula is C13H21N5O. The molecule has 0 spiro atoms. The summed E-state index contributed by atoms with van der Waals surface area (Å²) in [5, 5.41) is 14.2. The Morgan fingerprint density at radius 1 is 1.58 bits per heavy atom. The SMILES string of the molecule is CCC1(CNC(=O)c2cn(C3CNC3)nn2)CCC1. The highest BCUT2D eigenvalue weighted by molar-refractivity contribution is 5.91. The lowest BCUT2D eigenvalue weighted by Crippen LogP contribution is -2.43. The Bertz CT molecular complexity index is 456. The smallest absolute Gasteiger partial charge is 0.273 e. The third-order valence-corrected chi connectivity index (χ3v) is 4.67. The van der Waals surface area contributed by atoms with E-state index in [0.717, 1.165) is 26.1 Å². The normalized spacial score (nSPS) is 21.5. The topological polar surface area (TPSA) is 71.8 Å². The molecule has 19 heavy (non-hydrogen) atoms. The van der Waals surface area contributed by atoms with Crippen molar-refractivity contribution in [3.8, 4) is 0 Å². The van der Waals surface area contributed by atoms with Gasteiger partial charge >= 0.3 is 0 Å². The highest BCUT2D eigenvalue weighted by Crippen LogP contribution is 2.43. The van der Waals surface area contributed by atoms with Gasteiger partial charge in [0.15, 0.2) is 5.69 Å². The maximum atomic E-state index is 12.0. The zero-order valence-electron chi connectivity index (χ0n) is 11.4. The molecule has 0 bridgehead atoms. The van der Waals surface area contributed by atoms with Crippen LogP contribution in [0.25, 0.3) is 0 Å². The van der Waals surface area contributed by atoms with Crippen molar-refractivity contribution in [3.63, 3.8) is 0 Å². The Labute approximate surface area is 112 Å². The van der Waals surface area contributed by atoms with Gasteiger partial charge in [-0.05, 0) is 24.7 Å². The second-order valence-corrected chi connectivity index (χ2v) is 5.79. The monoisotopic (exact) mass is 263 g/mol. The van der Waals surface area contributed by atoms with Gasteiger partial charge in [-0.3, -0.25) is 4.79 Å². The van der Waals surface area contributed by atoms with Gasteiger partial charge in [-0.25, -0.2) is 4.68 Å². The molecule has 104 valence electrons. The number of rotatable bonds is 5. The number of hydrogen-bond acceptors (Lipinski definition) is 4. The summed E-state index contributed by atoms with van der Waals surface area (Å²) in [6.45, 7) is 4.78. The number of nitrogens with zero attached hydrogens (tertiary/aromatic N) is 3. The van der Waals surface area contributed by atoms with E-state index in [-0.39, 0.29) is 5.91 Å². The van der Waals surface area contributed by atoms with Gasteiger partial charge < -0.3 is 10.6 Å². The van der Waals surface area contributed by atoms with Crippen LogP contribution in [-0.2, 0) is 0 Å². The Morgan fingerprint density at radius 3 is 2.89 bits per heavy atom. The molecule has 2 aliphatic rings. The maximum Gasteiger partial charge on any atom is 0.273 e. The minimum absolute atomic E-state index is 0.0988. The summed E-state index contributed by atoms with van der Waals surface area (Å²) in [6, 6.07) is 0.350. The lowest BCUT2D eigenvalue weighted by Gasteiger charge is -2.41. The average Bonchev–Trinajstić information content (AvgIpc) is 2.75. The number of carbonyl (C=O) groups is 1. The van der Waals surface area contributed by atoms with E-state index in [1.807, 2.05) is 0 Å². The summed E-state index contributed by atoms with van der Waals surface area (Å²) in [7, 11) is 0. The van der Waals surface area contributed by atoms with Gasteiger partial charge in [-0.2, -0.15) is 0 Å². The van der Waals surface area contributed by atoms with Gasteiger partial charge in [0, 0.05) is 19.6 Å². The fourth-order valence-corrected chi connectivity index (χ4v) is 2.71. The van der Waals surface area contributed by atoms with Crippen molar-refractivity contribution < 1.29 is 4.79 Å². The van der Waals surface area contributed by atoms with Crippen LogP contribution in [0.2, 0.25) is 0 Å². The molecule has 2 heterocycles. The first-order valence-electron chi connectivity index (χ1n) is 7.13. The van der Waals surface area contributed by atoms with Gasteiger partial charge in [0.2, 0.25) is 0 Å². The quantitative estimate of drug-likeness (QED) is 0.821. The van der Waals surface area contributed by atoms with E-state index >= 15 is 0 Å². The van der Waals surface area contributed by atoms with Crippen LogP contribution in [0.3, 0.4) is 0 Å². The van der Waals surface area contributed by atoms with Crippen molar-refractivity contribution in [2.75, 3.05) is 19.6 Å². The molecular weight excluding hydrogens is 242 g/mol. The van der Waals surface area contributed by atoms with Crippen LogP contribution in [0.1, 0.15) is 49.1 Å². The summed E-state index contributed by atoms with van der Waals surface area (Å²) < 4.78 is 1.78. The second-order valence-electron chi connectivity index (χ2n) is 5.79. The van der Waals surface area contributed by atoms with Gasteiger partial charge in [-0.15, -0.1) is 5.10 Å². The van der Waals surface area contributed by atoms with E-state index in [0.29, 0.717) is 17.2 Å². The van der Waals surface area contributed by atoms with E-state index in [1.165, 1.54) is 19.3 Å². The average molecular weight is 263 g/mol. The molecule has 0 aromatic carbocycles. The highest BCUT2D eigenvalue weighted by Gasteiger charge is 2.35. The number of amides is 1. The van der Waals surface area contributed by atoms with E-state index in [2.05, 4.69) is 27.9 Å². The number of hydrogen-bond donors (Lipinski definition) is 2. The summed E-state index contributed by atoms with van der Waals surface area (Å²) in [5.74, 6) is -0.0988. The molecule has 1 saturated heterocycles. The molecule has 0 atom stereocenters. The minimum Gasteiger partial charge on any atom is -0.350 e. The minimum atomic E-state index is -0.0988. The standard InChI is InChI=1S/C13H21N5O/c1-2-13(4-3-5-13)9-15-12(19)11-8-18(17-16-11)10-6-14-7-10/h8,10,14H,2-7,9H2,1H3,(H,15,19). The molecule has 2 N–H and O–H groups in total. The molecule has 1 aliphatic heterocycles. The van der Waals surface area contributed by atoms with E-state index in [9.17, 15) is 4.79 Å². The first-order chi connectivity index (χ1) is 9.22. The van der Waals surface area contributed by atoms with Gasteiger partial charge in [0.25, 0.3) is 5.91 Å². The van der Waals surface area contributed by atoms with Crippen LogP contribution in [-0.4, -0.2) is 40.5 Å². The van der Waals surface area contributed by atoms with Crippen LogP contribution in [0, 0.1) is 5.41 Å². The molecule has 0 radical (unpaired) electrons. The Morgan fingerprint density at radius 2 is 2.37 bits per heavy atom. The first kappa shape index (κ1) is 12.6. The lowest BCUT2D eigenvalue weighted by atomic mass is 9.67. The summed E-state index contributed by atoms with van der Waals surface area (Å²) in [4.78, 5) is 12.0. The Balaban J connectivity index is 1.56. The fraction of sp³-hybridized carbons (Fsp3) is 0.769. The largest absolute Gasteiger partial charge is 0.350 e. The summed E-state index contributed by atoms with van der Waals surface area (Å²) in [5.41, 5.74) is 0.765. The maximum absolute atomic E-state index is 12.0. The van der Waals surface area contributed by atoms with Crippen molar-refractivity contribution >= 4 is 5.91 Å². The third kappa shape index (κ3) is 2.36. The van der Waals surface area contributed by atoms with E-state index < -0.39 is 0 Å². The predicted octanol–water partition coefficient (Wildman–Crippen LogP) is 0.732. The van der Waals surface area contributed by atoms with Crippen molar-refractivity contribution in [2.45, 2.75) is 38.6 Å². The molecule has 1 amide bonds. The second kappa shape index (κ2) is 4.92. The van der Waals surface area contributed by atoms with Gasteiger partial charge in [-0.1, -0.05) is 18.6 Å². The predicted molar refractivity (Wildman–Crippen MR) is 70.8 cm³/mol. The first-order valence-corrected chi connectivity index (χ1v) is 7.13. The van der Waals surface area contributed by atoms with Crippen molar-refractivity contribution in [3.05, 3.63) is 11.9 Å². The zero-order chi connectivity index (χ0) is 13.3. The molecule has 1 aromatic heterocycles. The Kier molecular flexibility index (Phi) is 3.26. The van der Waals surface area contributed by atoms with E-state index in [1.54, 1.807) is 10.9 Å². The number of carbonyl (C=O) groups excluding carboxylic acids is 1. The van der Waals surface area contributed by atoms with Crippen LogP contribution >= 0.6 is 0 Å². The van der Waals surface area contributed by atoms with Crippen LogP contribution in [0.5, 0.6) is 0 Å². The molecule has 3 rings (SSSR count). The number of nitrogens with one attached hydrogen (secondary N) is 2. The summed E-state index contributed by atoms with van der Waals surface area (Å²) >= 11 is 0. The van der Waals surface area contributed by atoms with Crippen molar-refractivity contribution in [2.24, 2.45) is 5.41 Å². The molecule has 1 aromatic rings. The molecule has 0 unspecified atom stereocenters. The molecule has 6 heteroatoms. The van der Waals surface area contributed by atoms with Gasteiger partial charge in [0.05, 0.1) is 12.2 Å². The molecule has 1 saturated carbocycles. The third-order valence-electron chi connectivity index (χ3n) is 4.67. The fourth-order valence-electron chi connectivity index (χ4n) is 2.71. The van der Waals surface area contributed by atoms with Crippen LogP contribution < -0.4 is 10.6 Å². The number of aromatic nitrogens is 3. The van der Waals surface area contributed by atoms with Crippen LogP contribution in [0.4, 0.5) is 0 Å². The molecule has 2 fully saturated rings. The van der Waals surface area contributed by atoms with E-state index in [4.69, 9.17) is 0 Å². The zero-order valence-corrected chi connectivity index (χ0v) is 11.4.